The number of likely N-dealkylation sites (tertiary alicyclic amines) is 1. The molecule has 3 heteroatoms. The molecule has 0 aliphatic carbocycles. The lowest BCUT2D eigenvalue weighted by Gasteiger charge is -2.35. The minimum atomic E-state index is 0.206. The van der Waals surface area contributed by atoms with Gasteiger partial charge in [-0.1, -0.05) is 30.3 Å². The molecule has 1 heterocycles. The van der Waals surface area contributed by atoms with E-state index in [1.807, 2.05) is 6.07 Å². The standard InChI is InChI=1S/C19H30N2O/c1-16(2)21-13-7-11-18(15-21)14-20-19(22)12-6-10-17-8-4-3-5-9-17/h3-5,8-9,16,18H,6-7,10-15H2,1-2H3,(H,20,22)/t18-/m0/s1. The van der Waals surface area contributed by atoms with Crippen LogP contribution in [0, 0.1) is 5.92 Å². The smallest absolute Gasteiger partial charge is 0.220 e. The van der Waals surface area contributed by atoms with Gasteiger partial charge in [-0.2, -0.15) is 0 Å². The van der Waals surface area contributed by atoms with Crippen molar-refractivity contribution < 1.29 is 4.79 Å². The highest BCUT2D eigenvalue weighted by atomic mass is 16.1. The Bertz CT molecular complexity index is 444. The molecule has 1 aliphatic rings. The molecule has 1 aliphatic heterocycles. The molecule has 1 atom stereocenters. The van der Waals surface area contributed by atoms with Crippen molar-refractivity contribution in [3.8, 4) is 0 Å². The number of hydrogen-bond acceptors (Lipinski definition) is 2. The summed E-state index contributed by atoms with van der Waals surface area (Å²) in [6.07, 6.45) is 5.05. The third-order valence-electron chi connectivity index (χ3n) is 4.58. The summed E-state index contributed by atoms with van der Waals surface area (Å²) in [5, 5.41) is 3.13. The van der Waals surface area contributed by atoms with Gasteiger partial charge in [0.1, 0.15) is 0 Å². The molecule has 0 radical (unpaired) electrons. The second kappa shape index (κ2) is 8.94. The van der Waals surface area contributed by atoms with Crippen molar-refractivity contribution in [3.05, 3.63) is 35.9 Å². The zero-order valence-corrected chi connectivity index (χ0v) is 14.1. The molecular formula is C19H30N2O. The van der Waals surface area contributed by atoms with Gasteiger partial charge in [0, 0.05) is 25.6 Å². The maximum absolute atomic E-state index is 12.0. The van der Waals surface area contributed by atoms with Gasteiger partial charge in [-0.25, -0.2) is 0 Å². The van der Waals surface area contributed by atoms with Crippen LogP contribution in [0.2, 0.25) is 0 Å². The molecule has 1 saturated heterocycles. The van der Waals surface area contributed by atoms with Crippen LogP contribution in [0.4, 0.5) is 0 Å². The largest absolute Gasteiger partial charge is 0.356 e. The van der Waals surface area contributed by atoms with Crippen molar-refractivity contribution in [2.75, 3.05) is 19.6 Å². The molecule has 0 aromatic heterocycles. The number of nitrogens with one attached hydrogen (secondary N) is 1. The Morgan fingerprint density at radius 1 is 1.32 bits per heavy atom. The van der Waals surface area contributed by atoms with Gasteiger partial charge in [0.15, 0.2) is 0 Å². The Morgan fingerprint density at radius 3 is 2.82 bits per heavy atom. The van der Waals surface area contributed by atoms with Crippen LogP contribution in [0.15, 0.2) is 30.3 Å². The molecule has 0 spiro atoms. The number of hydrogen-bond donors (Lipinski definition) is 1. The first-order chi connectivity index (χ1) is 10.6. The van der Waals surface area contributed by atoms with E-state index in [1.54, 1.807) is 0 Å². The minimum absolute atomic E-state index is 0.206. The normalized spacial score (nSPS) is 19.3. The van der Waals surface area contributed by atoms with Crippen molar-refractivity contribution >= 4 is 5.91 Å². The fourth-order valence-electron chi connectivity index (χ4n) is 3.18. The Labute approximate surface area is 135 Å². The zero-order chi connectivity index (χ0) is 15.8. The van der Waals surface area contributed by atoms with Gasteiger partial charge in [0.2, 0.25) is 5.91 Å². The second-order valence-electron chi connectivity index (χ2n) is 6.74. The van der Waals surface area contributed by atoms with Crippen molar-refractivity contribution in [2.24, 2.45) is 5.92 Å². The number of piperidine rings is 1. The molecule has 122 valence electrons. The van der Waals surface area contributed by atoms with Crippen molar-refractivity contribution in [3.63, 3.8) is 0 Å². The molecule has 1 fully saturated rings. The topological polar surface area (TPSA) is 32.3 Å². The summed E-state index contributed by atoms with van der Waals surface area (Å²) in [5.74, 6) is 0.826. The summed E-state index contributed by atoms with van der Waals surface area (Å²) in [6.45, 7) is 7.68. The van der Waals surface area contributed by atoms with Gasteiger partial charge in [0.25, 0.3) is 0 Å². The number of amides is 1. The van der Waals surface area contributed by atoms with E-state index < -0.39 is 0 Å². The van der Waals surface area contributed by atoms with Gasteiger partial charge in [0.05, 0.1) is 0 Å². The van der Waals surface area contributed by atoms with E-state index in [0.717, 1.165) is 25.9 Å². The summed E-state index contributed by atoms with van der Waals surface area (Å²) < 4.78 is 0. The quantitative estimate of drug-likeness (QED) is 0.838. The van der Waals surface area contributed by atoms with Crippen LogP contribution >= 0.6 is 0 Å². The number of aryl methyl sites for hydroxylation is 1. The van der Waals surface area contributed by atoms with Crippen LogP contribution in [-0.2, 0) is 11.2 Å². The van der Waals surface area contributed by atoms with E-state index in [4.69, 9.17) is 0 Å². The number of rotatable bonds is 7. The van der Waals surface area contributed by atoms with Crippen LogP contribution < -0.4 is 5.32 Å². The van der Waals surface area contributed by atoms with E-state index in [1.165, 1.54) is 24.9 Å². The summed E-state index contributed by atoms with van der Waals surface area (Å²) >= 11 is 0. The molecular weight excluding hydrogens is 272 g/mol. The zero-order valence-electron chi connectivity index (χ0n) is 14.1. The SMILES string of the molecule is CC(C)N1CCC[C@@H](CNC(=O)CCCc2ccccc2)C1. The molecule has 1 aromatic carbocycles. The Kier molecular flexibility index (Phi) is 6.91. The maximum atomic E-state index is 12.0. The first-order valence-electron chi connectivity index (χ1n) is 8.70. The van der Waals surface area contributed by atoms with E-state index >= 15 is 0 Å². The van der Waals surface area contributed by atoms with Crippen LogP contribution in [0.1, 0.15) is 45.1 Å². The van der Waals surface area contributed by atoms with Crippen LogP contribution in [-0.4, -0.2) is 36.5 Å². The minimum Gasteiger partial charge on any atom is -0.356 e. The molecule has 0 bridgehead atoms. The van der Waals surface area contributed by atoms with Crippen molar-refractivity contribution in [1.82, 2.24) is 10.2 Å². The second-order valence-corrected chi connectivity index (χ2v) is 6.74. The Hall–Kier alpha value is -1.35. The van der Waals surface area contributed by atoms with Crippen molar-refractivity contribution in [1.29, 1.82) is 0 Å². The molecule has 1 amide bonds. The van der Waals surface area contributed by atoms with Crippen LogP contribution in [0.3, 0.4) is 0 Å². The summed E-state index contributed by atoms with van der Waals surface area (Å²) in [6, 6.07) is 11.0. The fraction of sp³-hybridized carbons (Fsp3) is 0.632. The van der Waals surface area contributed by atoms with Gasteiger partial charge in [-0.15, -0.1) is 0 Å². The molecule has 0 saturated carbocycles. The molecule has 0 unspecified atom stereocenters. The number of carbonyl (C=O) groups excluding carboxylic acids is 1. The van der Waals surface area contributed by atoms with E-state index in [-0.39, 0.29) is 5.91 Å². The lowest BCUT2D eigenvalue weighted by Crippen LogP contribution is -2.43. The van der Waals surface area contributed by atoms with Gasteiger partial charge in [-0.3, -0.25) is 4.79 Å². The lowest BCUT2D eigenvalue weighted by atomic mass is 9.97. The summed E-state index contributed by atoms with van der Waals surface area (Å²) in [7, 11) is 0. The third-order valence-corrected chi connectivity index (χ3v) is 4.58. The highest BCUT2D eigenvalue weighted by molar-refractivity contribution is 5.75. The molecule has 1 aromatic rings. The monoisotopic (exact) mass is 302 g/mol. The molecule has 2 rings (SSSR count). The van der Waals surface area contributed by atoms with Gasteiger partial charge in [-0.05, 0) is 57.6 Å². The number of carbonyl (C=O) groups is 1. The molecule has 1 N–H and O–H groups in total. The van der Waals surface area contributed by atoms with E-state index in [9.17, 15) is 4.79 Å². The van der Waals surface area contributed by atoms with Gasteiger partial charge < -0.3 is 10.2 Å². The first-order valence-corrected chi connectivity index (χ1v) is 8.70. The predicted molar refractivity (Wildman–Crippen MR) is 91.8 cm³/mol. The summed E-state index contributed by atoms with van der Waals surface area (Å²) in [4.78, 5) is 14.5. The fourth-order valence-corrected chi connectivity index (χ4v) is 3.18. The summed E-state index contributed by atoms with van der Waals surface area (Å²) in [5.41, 5.74) is 1.31. The number of nitrogens with zero attached hydrogens (tertiary/aromatic N) is 1. The highest BCUT2D eigenvalue weighted by Gasteiger charge is 2.21. The van der Waals surface area contributed by atoms with Crippen LogP contribution in [0.5, 0.6) is 0 Å². The first kappa shape index (κ1) is 17.0. The number of benzene rings is 1. The average molecular weight is 302 g/mol. The van der Waals surface area contributed by atoms with E-state index in [0.29, 0.717) is 18.4 Å². The Balaban J connectivity index is 1.61. The maximum Gasteiger partial charge on any atom is 0.220 e. The van der Waals surface area contributed by atoms with Crippen LogP contribution in [0.25, 0.3) is 0 Å². The van der Waals surface area contributed by atoms with Crippen molar-refractivity contribution in [2.45, 2.75) is 52.0 Å². The van der Waals surface area contributed by atoms with Gasteiger partial charge >= 0.3 is 0 Å². The highest BCUT2D eigenvalue weighted by Crippen LogP contribution is 2.17. The predicted octanol–water partition coefficient (Wildman–Crippen LogP) is 3.25. The molecule has 3 nitrogen and oxygen atoms in total. The third kappa shape index (κ3) is 5.80. The van der Waals surface area contributed by atoms with E-state index in [2.05, 4.69) is 48.3 Å². The molecule has 22 heavy (non-hydrogen) atoms. The Morgan fingerprint density at radius 2 is 2.09 bits per heavy atom. The average Bonchev–Trinajstić information content (AvgIpc) is 2.54. The lowest BCUT2D eigenvalue weighted by molar-refractivity contribution is -0.121.